The second kappa shape index (κ2) is 5.89. The molecule has 5 nitrogen and oxygen atoms in total. The Morgan fingerprint density at radius 2 is 2.10 bits per heavy atom. The summed E-state index contributed by atoms with van der Waals surface area (Å²) < 4.78 is 0. The van der Waals surface area contributed by atoms with Gasteiger partial charge in [0.05, 0.1) is 11.3 Å². The fraction of sp³-hybridized carbons (Fsp3) is 0.600. The van der Waals surface area contributed by atoms with Crippen LogP contribution >= 0.6 is 0 Å². The number of amides is 1. The van der Waals surface area contributed by atoms with E-state index in [1.165, 1.54) is 6.42 Å². The molecule has 0 spiro atoms. The summed E-state index contributed by atoms with van der Waals surface area (Å²) in [6, 6.07) is 4.28. The lowest BCUT2D eigenvalue weighted by atomic mass is 10.1. The van der Waals surface area contributed by atoms with Crippen molar-refractivity contribution in [2.75, 3.05) is 39.8 Å². The third-order valence-electron chi connectivity index (χ3n) is 4.24. The number of nitrogens with zero attached hydrogens (tertiary/aromatic N) is 3. The molecule has 2 fully saturated rings. The Kier molecular flexibility index (Phi) is 3.98. The van der Waals surface area contributed by atoms with Crippen molar-refractivity contribution in [3.8, 4) is 0 Å². The van der Waals surface area contributed by atoms with Crippen molar-refractivity contribution >= 4 is 5.91 Å². The Hall–Kier alpha value is -1.46. The van der Waals surface area contributed by atoms with Gasteiger partial charge in [-0.25, -0.2) is 0 Å². The molecule has 1 aromatic rings. The third-order valence-corrected chi connectivity index (χ3v) is 4.24. The van der Waals surface area contributed by atoms with Gasteiger partial charge in [0.15, 0.2) is 0 Å². The first kappa shape index (κ1) is 13.5. The number of nitrogens with one attached hydrogen (secondary N) is 1. The van der Waals surface area contributed by atoms with Crippen LogP contribution in [0.4, 0.5) is 0 Å². The normalized spacial score (nSPS) is 24.1. The standard InChI is InChI=1S/C15H22N4O/c1-18-7-9-19(10-8-18)15(20)12-4-5-14(17-11-12)13-3-2-6-16-13/h4-5,11,13,16H,2-3,6-10H2,1H3. The molecule has 1 unspecified atom stereocenters. The number of carbonyl (C=O) groups excluding carboxylic acids is 1. The predicted octanol–water partition coefficient (Wildman–Crippen LogP) is 0.894. The molecule has 1 atom stereocenters. The van der Waals surface area contributed by atoms with E-state index >= 15 is 0 Å². The highest BCUT2D eigenvalue weighted by atomic mass is 16.2. The minimum absolute atomic E-state index is 0.108. The summed E-state index contributed by atoms with van der Waals surface area (Å²) in [6.45, 7) is 4.57. The Morgan fingerprint density at radius 3 is 2.70 bits per heavy atom. The van der Waals surface area contributed by atoms with Crippen molar-refractivity contribution < 1.29 is 4.79 Å². The van der Waals surface area contributed by atoms with Crippen LogP contribution in [0.2, 0.25) is 0 Å². The van der Waals surface area contributed by atoms with Crippen molar-refractivity contribution in [3.63, 3.8) is 0 Å². The summed E-state index contributed by atoms with van der Waals surface area (Å²) in [5, 5.41) is 3.43. The highest BCUT2D eigenvalue weighted by molar-refractivity contribution is 5.94. The predicted molar refractivity (Wildman–Crippen MR) is 77.6 cm³/mol. The molecule has 0 bridgehead atoms. The number of carbonyl (C=O) groups is 1. The summed E-state index contributed by atoms with van der Waals surface area (Å²) in [5.41, 5.74) is 1.76. The Morgan fingerprint density at radius 1 is 1.30 bits per heavy atom. The van der Waals surface area contributed by atoms with Crippen molar-refractivity contribution in [2.45, 2.75) is 18.9 Å². The van der Waals surface area contributed by atoms with Gasteiger partial charge in [-0.2, -0.15) is 0 Å². The number of hydrogen-bond acceptors (Lipinski definition) is 4. The zero-order valence-electron chi connectivity index (χ0n) is 12.0. The molecule has 3 rings (SSSR count). The van der Waals surface area contributed by atoms with Gasteiger partial charge in [0, 0.05) is 38.4 Å². The number of hydrogen-bond donors (Lipinski definition) is 1. The maximum Gasteiger partial charge on any atom is 0.255 e. The second-order valence-corrected chi connectivity index (χ2v) is 5.72. The number of rotatable bonds is 2. The minimum atomic E-state index is 0.108. The molecule has 0 aromatic carbocycles. The molecule has 2 saturated heterocycles. The average Bonchev–Trinajstić information content (AvgIpc) is 3.02. The number of aromatic nitrogens is 1. The van der Waals surface area contributed by atoms with Gasteiger partial charge in [-0.15, -0.1) is 0 Å². The smallest absolute Gasteiger partial charge is 0.255 e. The minimum Gasteiger partial charge on any atom is -0.336 e. The average molecular weight is 274 g/mol. The van der Waals surface area contributed by atoms with Crippen LogP contribution in [-0.4, -0.2) is 60.5 Å². The molecular formula is C15H22N4O. The van der Waals surface area contributed by atoms with E-state index in [0.29, 0.717) is 11.6 Å². The van der Waals surface area contributed by atoms with Crippen LogP contribution in [0.1, 0.15) is 34.9 Å². The molecule has 108 valence electrons. The Labute approximate surface area is 120 Å². The molecule has 5 heteroatoms. The van der Waals surface area contributed by atoms with Gasteiger partial charge in [-0.05, 0) is 38.6 Å². The monoisotopic (exact) mass is 274 g/mol. The van der Waals surface area contributed by atoms with Crippen LogP contribution in [0, 0.1) is 0 Å². The summed E-state index contributed by atoms with van der Waals surface area (Å²) in [4.78, 5) is 21.0. The van der Waals surface area contributed by atoms with Gasteiger partial charge < -0.3 is 15.1 Å². The second-order valence-electron chi connectivity index (χ2n) is 5.72. The zero-order chi connectivity index (χ0) is 13.9. The van der Waals surface area contributed by atoms with E-state index < -0.39 is 0 Å². The lowest BCUT2D eigenvalue weighted by molar-refractivity contribution is 0.0663. The van der Waals surface area contributed by atoms with Crippen LogP contribution in [0.15, 0.2) is 18.3 Å². The quantitative estimate of drug-likeness (QED) is 0.870. The summed E-state index contributed by atoms with van der Waals surface area (Å²) in [5.74, 6) is 0.108. The molecule has 2 aliphatic heterocycles. The highest BCUT2D eigenvalue weighted by Crippen LogP contribution is 2.21. The molecule has 0 radical (unpaired) electrons. The van der Waals surface area contributed by atoms with Crippen LogP contribution in [-0.2, 0) is 0 Å². The fourth-order valence-corrected chi connectivity index (χ4v) is 2.87. The Balaban J connectivity index is 1.66. The first-order valence-electron chi connectivity index (χ1n) is 7.41. The SMILES string of the molecule is CN1CCN(C(=O)c2ccc(C3CCCN3)nc2)CC1. The summed E-state index contributed by atoms with van der Waals surface area (Å²) >= 11 is 0. The molecule has 0 saturated carbocycles. The van der Waals surface area contributed by atoms with Crippen LogP contribution < -0.4 is 5.32 Å². The van der Waals surface area contributed by atoms with Crippen molar-refractivity contribution in [3.05, 3.63) is 29.6 Å². The van der Waals surface area contributed by atoms with Gasteiger partial charge in [0.1, 0.15) is 0 Å². The van der Waals surface area contributed by atoms with Gasteiger partial charge in [0.2, 0.25) is 0 Å². The molecular weight excluding hydrogens is 252 g/mol. The first-order chi connectivity index (χ1) is 9.74. The molecule has 3 heterocycles. The number of pyridine rings is 1. The number of likely N-dealkylation sites (N-methyl/N-ethyl adjacent to an activating group) is 1. The lowest BCUT2D eigenvalue weighted by Gasteiger charge is -2.32. The maximum atomic E-state index is 12.4. The summed E-state index contributed by atoms with van der Waals surface area (Å²) in [7, 11) is 2.09. The zero-order valence-corrected chi connectivity index (χ0v) is 12.0. The summed E-state index contributed by atoms with van der Waals surface area (Å²) in [6.07, 6.45) is 4.07. The van der Waals surface area contributed by atoms with E-state index in [2.05, 4.69) is 22.2 Å². The number of piperazine rings is 1. The third kappa shape index (κ3) is 2.83. The largest absolute Gasteiger partial charge is 0.336 e. The van der Waals surface area contributed by atoms with Gasteiger partial charge in [-0.1, -0.05) is 0 Å². The van der Waals surface area contributed by atoms with Crippen molar-refractivity contribution in [2.24, 2.45) is 0 Å². The first-order valence-corrected chi connectivity index (χ1v) is 7.41. The topological polar surface area (TPSA) is 48.5 Å². The maximum absolute atomic E-state index is 12.4. The molecule has 2 aliphatic rings. The molecule has 20 heavy (non-hydrogen) atoms. The molecule has 1 aromatic heterocycles. The molecule has 0 aliphatic carbocycles. The lowest BCUT2D eigenvalue weighted by Crippen LogP contribution is -2.47. The Bertz CT molecular complexity index is 459. The van der Waals surface area contributed by atoms with Crippen LogP contribution in [0.25, 0.3) is 0 Å². The van der Waals surface area contributed by atoms with Crippen molar-refractivity contribution in [1.82, 2.24) is 20.1 Å². The van der Waals surface area contributed by atoms with E-state index in [0.717, 1.165) is 44.8 Å². The van der Waals surface area contributed by atoms with Gasteiger partial charge in [0.25, 0.3) is 5.91 Å². The van der Waals surface area contributed by atoms with Crippen LogP contribution in [0.5, 0.6) is 0 Å². The van der Waals surface area contributed by atoms with Gasteiger partial charge in [-0.3, -0.25) is 9.78 Å². The van der Waals surface area contributed by atoms with E-state index in [-0.39, 0.29) is 5.91 Å². The van der Waals surface area contributed by atoms with Crippen molar-refractivity contribution in [1.29, 1.82) is 0 Å². The fourth-order valence-electron chi connectivity index (χ4n) is 2.87. The van der Waals surface area contributed by atoms with E-state index in [4.69, 9.17) is 0 Å². The van der Waals surface area contributed by atoms with E-state index in [9.17, 15) is 4.79 Å². The van der Waals surface area contributed by atoms with E-state index in [1.54, 1.807) is 6.20 Å². The molecule has 1 amide bonds. The van der Waals surface area contributed by atoms with Gasteiger partial charge >= 0.3 is 0 Å². The van der Waals surface area contributed by atoms with E-state index in [1.807, 2.05) is 17.0 Å². The van der Waals surface area contributed by atoms with Crippen LogP contribution in [0.3, 0.4) is 0 Å². The molecule has 1 N–H and O–H groups in total. The highest BCUT2D eigenvalue weighted by Gasteiger charge is 2.22.